The van der Waals surface area contributed by atoms with Crippen LogP contribution in [-0.2, 0) is 14.3 Å². The van der Waals surface area contributed by atoms with Crippen molar-refractivity contribution in [3.8, 4) is 0 Å². The average molecular weight is 366 g/mol. The van der Waals surface area contributed by atoms with E-state index >= 15 is 0 Å². The highest BCUT2D eigenvalue weighted by Gasteiger charge is 2.19. The number of alkyl carbamates (subject to hydrolysis) is 1. The first-order valence-electron chi connectivity index (χ1n) is 7.79. The predicted octanol–water partition coefficient (Wildman–Crippen LogP) is 1.56. The zero-order valence-corrected chi connectivity index (χ0v) is 15.0. The van der Waals surface area contributed by atoms with Crippen molar-refractivity contribution in [2.75, 3.05) is 11.9 Å². The average Bonchev–Trinajstić information content (AvgIpc) is 2.51. The third-order valence-electron chi connectivity index (χ3n) is 2.91. The van der Waals surface area contributed by atoms with Gasteiger partial charge in [-0.15, -0.1) is 0 Å². The second-order valence-corrected chi connectivity index (χ2v) is 6.44. The van der Waals surface area contributed by atoms with Crippen LogP contribution in [0.2, 0.25) is 0 Å². The molecule has 0 radical (unpaired) electrons. The molecular formula is C16H22N4O6. The maximum atomic E-state index is 12.0. The number of rotatable bonds is 6. The molecule has 0 aliphatic rings. The molecule has 1 aromatic rings. The number of amides is 3. The van der Waals surface area contributed by atoms with Gasteiger partial charge in [-0.1, -0.05) is 0 Å². The molecule has 0 fully saturated rings. The Morgan fingerprint density at radius 3 is 2.27 bits per heavy atom. The minimum absolute atomic E-state index is 0.0995. The van der Waals surface area contributed by atoms with E-state index in [1.807, 2.05) is 0 Å². The molecule has 1 atom stereocenters. The van der Waals surface area contributed by atoms with Crippen LogP contribution in [0.5, 0.6) is 0 Å². The molecule has 0 heterocycles. The monoisotopic (exact) mass is 366 g/mol. The van der Waals surface area contributed by atoms with Crippen LogP contribution in [0.4, 0.5) is 16.2 Å². The first-order valence-corrected chi connectivity index (χ1v) is 7.79. The SMILES string of the molecule is C[C@H](NC(=O)CNC(=O)OC(C)(C)C)C(=O)Nc1ccc([N+](=O)[O-])cc1. The van der Waals surface area contributed by atoms with Gasteiger partial charge in [0, 0.05) is 17.8 Å². The highest BCUT2D eigenvalue weighted by Crippen LogP contribution is 2.15. The second kappa shape index (κ2) is 8.79. The summed E-state index contributed by atoms with van der Waals surface area (Å²) in [6, 6.07) is 4.40. The maximum Gasteiger partial charge on any atom is 0.408 e. The molecule has 0 bridgehead atoms. The van der Waals surface area contributed by atoms with Crippen molar-refractivity contribution >= 4 is 29.3 Å². The normalized spacial score (nSPS) is 11.8. The highest BCUT2D eigenvalue weighted by molar-refractivity contribution is 5.97. The van der Waals surface area contributed by atoms with E-state index in [1.165, 1.54) is 31.2 Å². The number of nitro groups is 1. The van der Waals surface area contributed by atoms with Gasteiger partial charge < -0.3 is 20.7 Å². The lowest BCUT2D eigenvalue weighted by Gasteiger charge is -2.20. The molecule has 10 nitrogen and oxygen atoms in total. The largest absolute Gasteiger partial charge is 0.444 e. The van der Waals surface area contributed by atoms with E-state index in [9.17, 15) is 24.5 Å². The molecule has 0 aliphatic heterocycles. The minimum atomic E-state index is -0.877. The van der Waals surface area contributed by atoms with Crippen LogP contribution in [0.1, 0.15) is 27.7 Å². The van der Waals surface area contributed by atoms with E-state index in [-0.39, 0.29) is 12.2 Å². The zero-order valence-electron chi connectivity index (χ0n) is 15.0. The van der Waals surface area contributed by atoms with Crippen molar-refractivity contribution in [3.63, 3.8) is 0 Å². The fraction of sp³-hybridized carbons (Fsp3) is 0.438. The van der Waals surface area contributed by atoms with E-state index in [2.05, 4.69) is 16.0 Å². The smallest absolute Gasteiger partial charge is 0.408 e. The number of hydrogen-bond acceptors (Lipinski definition) is 6. The Labute approximate surface area is 150 Å². The quantitative estimate of drug-likeness (QED) is 0.516. The van der Waals surface area contributed by atoms with Gasteiger partial charge >= 0.3 is 6.09 Å². The van der Waals surface area contributed by atoms with Crippen LogP contribution in [-0.4, -0.2) is 41.0 Å². The van der Waals surface area contributed by atoms with Gasteiger partial charge in [-0.05, 0) is 39.8 Å². The van der Waals surface area contributed by atoms with Crippen LogP contribution in [0.25, 0.3) is 0 Å². The fourth-order valence-electron chi connectivity index (χ4n) is 1.74. The highest BCUT2D eigenvalue weighted by atomic mass is 16.6. The Hall–Kier alpha value is -3.17. The number of hydrogen-bond donors (Lipinski definition) is 3. The molecule has 1 rings (SSSR count). The summed E-state index contributed by atoms with van der Waals surface area (Å²) in [5.41, 5.74) is -0.426. The summed E-state index contributed by atoms with van der Waals surface area (Å²) < 4.78 is 4.99. The van der Waals surface area contributed by atoms with Gasteiger partial charge in [-0.25, -0.2) is 4.79 Å². The fourth-order valence-corrected chi connectivity index (χ4v) is 1.74. The topological polar surface area (TPSA) is 140 Å². The zero-order chi connectivity index (χ0) is 19.9. The van der Waals surface area contributed by atoms with Crippen LogP contribution in [0.15, 0.2) is 24.3 Å². The van der Waals surface area contributed by atoms with E-state index in [0.29, 0.717) is 5.69 Å². The summed E-state index contributed by atoms with van der Waals surface area (Å²) in [5, 5.41) is 17.8. The van der Waals surface area contributed by atoms with Gasteiger partial charge in [0.25, 0.3) is 5.69 Å². The molecule has 3 amide bonds. The van der Waals surface area contributed by atoms with Crippen molar-refractivity contribution < 1.29 is 24.0 Å². The molecule has 0 unspecified atom stereocenters. The molecule has 0 saturated heterocycles. The molecular weight excluding hydrogens is 344 g/mol. The lowest BCUT2D eigenvalue weighted by atomic mass is 10.2. The molecule has 1 aromatic carbocycles. The van der Waals surface area contributed by atoms with E-state index in [4.69, 9.17) is 4.74 Å². The summed E-state index contributed by atoms with van der Waals surface area (Å²) in [5.74, 6) is -1.08. The Balaban J connectivity index is 2.44. The summed E-state index contributed by atoms with van der Waals surface area (Å²) in [7, 11) is 0. The Kier molecular flexibility index (Phi) is 7.06. The lowest BCUT2D eigenvalue weighted by Crippen LogP contribution is -2.46. The molecule has 26 heavy (non-hydrogen) atoms. The van der Waals surface area contributed by atoms with E-state index in [0.717, 1.165) is 0 Å². The van der Waals surface area contributed by atoms with Crippen molar-refractivity contribution in [2.24, 2.45) is 0 Å². The molecule has 0 spiro atoms. The van der Waals surface area contributed by atoms with E-state index < -0.39 is 34.5 Å². The summed E-state index contributed by atoms with van der Waals surface area (Å²) in [4.78, 5) is 45.3. The molecule has 0 aromatic heterocycles. The molecule has 3 N–H and O–H groups in total. The standard InChI is InChI=1S/C16H22N4O6/c1-10(18-13(21)9-17-15(23)26-16(2,3)4)14(22)19-11-5-7-12(8-6-11)20(24)25/h5-8,10H,9H2,1-4H3,(H,17,23)(H,18,21)(H,19,22)/t10-/m0/s1. The number of anilines is 1. The molecule has 0 aliphatic carbocycles. The Morgan fingerprint density at radius 1 is 1.19 bits per heavy atom. The van der Waals surface area contributed by atoms with Gasteiger partial charge in [0.15, 0.2) is 0 Å². The van der Waals surface area contributed by atoms with Crippen LogP contribution in [0, 0.1) is 10.1 Å². The Bertz CT molecular complexity index is 681. The van der Waals surface area contributed by atoms with Gasteiger partial charge in [-0.2, -0.15) is 0 Å². The van der Waals surface area contributed by atoms with Crippen molar-refractivity contribution in [3.05, 3.63) is 34.4 Å². The van der Waals surface area contributed by atoms with Crippen molar-refractivity contribution in [2.45, 2.75) is 39.3 Å². The van der Waals surface area contributed by atoms with Gasteiger partial charge in [-0.3, -0.25) is 19.7 Å². The molecule has 10 heteroatoms. The number of non-ortho nitro benzene ring substituents is 1. The first kappa shape index (κ1) is 20.9. The third-order valence-corrected chi connectivity index (χ3v) is 2.91. The van der Waals surface area contributed by atoms with Crippen LogP contribution in [0.3, 0.4) is 0 Å². The number of carbonyl (C=O) groups excluding carboxylic acids is 3. The first-order chi connectivity index (χ1) is 12.0. The van der Waals surface area contributed by atoms with Crippen LogP contribution >= 0.6 is 0 Å². The van der Waals surface area contributed by atoms with Gasteiger partial charge in [0.2, 0.25) is 11.8 Å². The number of ether oxygens (including phenoxy) is 1. The summed E-state index contributed by atoms with van der Waals surface area (Å²) in [6.07, 6.45) is -0.740. The molecule has 142 valence electrons. The van der Waals surface area contributed by atoms with Gasteiger partial charge in [0.05, 0.1) is 4.92 Å². The van der Waals surface area contributed by atoms with Crippen LogP contribution < -0.4 is 16.0 Å². The minimum Gasteiger partial charge on any atom is -0.444 e. The third kappa shape index (κ3) is 7.60. The number of nitro benzene ring substituents is 1. The number of carbonyl (C=O) groups is 3. The number of nitrogens with zero attached hydrogens (tertiary/aromatic N) is 1. The number of nitrogens with one attached hydrogen (secondary N) is 3. The van der Waals surface area contributed by atoms with Crippen molar-refractivity contribution in [1.29, 1.82) is 0 Å². The number of benzene rings is 1. The van der Waals surface area contributed by atoms with Gasteiger partial charge in [0.1, 0.15) is 18.2 Å². The summed E-state index contributed by atoms with van der Waals surface area (Å²) in [6.45, 7) is 6.20. The molecule has 0 saturated carbocycles. The second-order valence-electron chi connectivity index (χ2n) is 6.44. The van der Waals surface area contributed by atoms with Crippen molar-refractivity contribution in [1.82, 2.24) is 10.6 Å². The summed E-state index contributed by atoms with van der Waals surface area (Å²) >= 11 is 0. The predicted molar refractivity (Wildman–Crippen MR) is 93.6 cm³/mol. The Morgan fingerprint density at radius 2 is 1.77 bits per heavy atom. The lowest BCUT2D eigenvalue weighted by molar-refractivity contribution is -0.384. The maximum absolute atomic E-state index is 12.0. The van der Waals surface area contributed by atoms with E-state index in [1.54, 1.807) is 20.8 Å².